The van der Waals surface area contributed by atoms with Gasteiger partial charge < -0.3 is 14.7 Å². The highest BCUT2D eigenvalue weighted by Crippen LogP contribution is 2.17. The third kappa shape index (κ3) is 3.89. The Morgan fingerprint density at radius 2 is 1.48 bits per heavy atom. The number of benzene rings is 1. The van der Waals surface area contributed by atoms with Crippen molar-refractivity contribution >= 4 is 17.6 Å². The molecule has 0 N–H and O–H groups in total. The molecule has 1 aromatic carbocycles. The molecule has 1 aromatic rings. The Balaban J connectivity index is 1.58. The highest BCUT2D eigenvalue weighted by Gasteiger charge is 2.28. The van der Waals surface area contributed by atoms with E-state index in [1.54, 1.807) is 15.9 Å². The van der Waals surface area contributed by atoms with Gasteiger partial charge in [-0.3, -0.25) is 14.9 Å². The van der Waals surface area contributed by atoms with Crippen molar-refractivity contribution in [2.24, 2.45) is 0 Å². The number of amides is 3. The number of hydrogen-bond acceptors (Lipinski definition) is 4. The summed E-state index contributed by atoms with van der Waals surface area (Å²) in [6.45, 7) is 3.51. The second kappa shape index (κ2) is 7.50. The molecule has 0 radical (unpaired) electrons. The maximum atomic E-state index is 12.5. The van der Waals surface area contributed by atoms with Crippen LogP contribution in [0.25, 0.3) is 0 Å². The molecule has 0 spiro atoms. The number of carbonyl (C=O) groups is 2. The Labute approximate surface area is 146 Å². The first-order valence-electron chi connectivity index (χ1n) is 8.64. The number of piperidine rings is 1. The number of non-ortho nitro benzene ring substituents is 1. The Morgan fingerprint density at radius 3 is 2.12 bits per heavy atom. The van der Waals surface area contributed by atoms with Crippen LogP contribution in [0.2, 0.25) is 0 Å². The van der Waals surface area contributed by atoms with E-state index in [0.29, 0.717) is 31.7 Å². The molecular weight excluding hydrogens is 324 g/mol. The van der Waals surface area contributed by atoms with Crippen LogP contribution in [-0.2, 0) is 0 Å². The Bertz CT molecular complexity index is 664. The predicted octanol–water partition coefficient (Wildman–Crippen LogP) is 1.96. The van der Waals surface area contributed by atoms with Crippen molar-refractivity contribution < 1.29 is 14.5 Å². The molecular formula is C17H22N4O4. The van der Waals surface area contributed by atoms with Gasteiger partial charge in [-0.15, -0.1) is 0 Å². The van der Waals surface area contributed by atoms with Crippen molar-refractivity contribution in [2.75, 3.05) is 39.3 Å². The van der Waals surface area contributed by atoms with Crippen LogP contribution in [-0.4, -0.2) is 70.8 Å². The van der Waals surface area contributed by atoms with Crippen molar-refractivity contribution in [2.45, 2.75) is 19.3 Å². The molecule has 3 rings (SSSR count). The average molecular weight is 346 g/mol. The minimum atomic E-state index is -0.508. The summed E-state index contributed by atoms with van der Waals surface area (Å²) in [7, 11) is 0. The first-order chi connectivity index (χ1) is 12.1. The van der Waals surface area contributed by atoms with Crippen molar-refractivity contribution in [3.63, 3.8) is 0 Å². The van der Waals surface area contributed by atoms with Gasteiger partial charge in [0.2, 0.25) is 0 Å². The molecule has 0 atom stereocenters. The summed E-state index contributed by atoms with van der Waals surface area (Å²) < 4.78 is 0. The third-order valence-corrected chi connectivity index (χ3v) is 4.77. The van der Waals surface area contributed by atoms with E-state index in [9.17, 15) is 19.7 Å². The Kier molecular flexibility index (Phi) is 5.16. The van der Waals surface area contributed by atoms with Crippen molar-refractivity contribution in [1.82, 2.24) is 14.7 Å². The lowest BCUT2D eigenvalue weighted by atomic mass is 10.1. The van der Waals surface area contributed by atoms with E-state index in [0.717, 1.165) is 25.9 Å². The SMILES string of the molecule is O=C(c1cccc([N+](=O)[O-])c1)N1CCN(C(=O)N2CCCCC2)CC1. The molecule has 2 fully saturated rings. The topological polar surface area (TPSA) is 87.0 Å². The largest absolute Gasteiger partial charge is 0.335 e. The second-order valence-electron chi connectivity index (χ2n) is 6.42. The van der Waals surface area contributed by atoms with Gasteiger partial charge in [-0.2, -0.15) is 0 Å². The van der Waals surface area contributed by atoms with Crippen molar-refractivity contribution in [3.8, 4) is 0 Å². The number of nitrogens with zero attached hydrogens (tertiary/aromatic N) is 4. The van der Waals surface area contributed by atoms with Crippen LogP contribution in [0, 0.1) is 10.1 Å². The summed E-state index contributed by atoms with van der Waals surface area (Å²) in [6.07, 6.45) is 3.28. The number of rotatable bonds is 2. The lowest BCUT2D eigenvalue weighted by molar-refractivity contribution is -0.384. The molecule has 2 aliphatic rings. The average Bonchev–Trinajstić information content (AvgIpc) is 2.67. The number of hydrogen-bond donors (Lipinski definition) is 0. The quantitative estimate of drug-likeness (QED) is 0.605. The number of nitro groups is 1. The smallest absolute Gasteiger partial charge is 0.320 e. The predicted molar refractivity (Wildman–Crippen MR) is 91.4 cm³/mol. The van der Waals surface area contributed by atoms with Gasteiger partial charge in [-0.25, -0.2) is 4.79 Å². The fraction of sp³-hybridized carbons (Fsp3) is 0.529. The summed E-state index contributed by atoms with van der Waals surface area (Å²) in [6, 6.07) is 5.82. The zero-order valence-corrected chi connectivity index (χ0v) is 14.1. The molecule has 2 saturated heterocycles. The van der Waals surface area contributed by atoms with E-state index in [1.807, 2.05) is 4.90 Å². The van der Waals surface area contributed by atoms with E-state index < -0.39 is 4.92 Å². The van der Waals surface area contributed by atoms with Crippen LogP contribution < -0.4 is 0 Å². The zero-order chi connectivity index (χ0) is 17.8. The summed E-state index contributed by atoms with van der Waals surface area (Å²) in [5, 5.41) is 10.9. The summed E-state index contributed by atoms with van der Waals surface area (Å²) >= 11 is 0. The molecule has 0 unspecified atom stereocenters. The molecule has 2 aliphatic heterocycles. The van der Waals surface area contributed by atoms with Gasteiger partial charge in [0, 0.05) is 57.0 Å². The van der Waals surface area contributed by atoms with E-state index >= 15 is 0 Å². The second-order valence-corrected chi connectivity index (χ2v) is 6.42. The zero-order valence-electron chi connectivity index (χ0n) is 14.1. The standard InChI is InChI=1S/C17H22N4O4/c22-16(14-5-4-6-15(13-14)21(24)25)18-9-11-20(12-10-18)17(23)19-7-2-1-3-8-19/h4-6,13H,1-3,7-12H2. The van der Waals surface area contributed by atoms with Crippen molar-refractivity contribution in [3.05, 3.63) is 39.9 Å². The van der Waals surface area contributed by atoms with E-state index in [4.69, 9.17) is 0 Å². The van der Waals surface area contributed by atoms with Gasteiger partial charge in [0.15, 0.2) is 0 Å². The normalized spacial score (nSPS) is 18.2. The van der Waals surface area contributed by atoms with E-state index in [2.05, 4.69) is 0 Å². The number of likely N-dealkylation sites (tertiary alicyclic amines) is 1. The van der Waals surface area contributed by atoms with Crippen LogP contribution in [0.1, 0.15) is 29.6 Å². The van der Waals surface area contributed by atoms with Gasteiger partial charge in [0.1, 0.15) is 0 Å². The fourth-order valence-electron chi connectivity index (χ4n) is 3.32. The lowest BCUT2D eigenvalue weighted by Crippen LogP contribution is -2.54. The molecule has 8 nitrogen and oxygen atoms in total. The molecule has 0 aliphatic carbocycles. The minimum absolute atomic E-state index is 0.0575. The molecule has 0 saturated carbocycles. The first-order valence-corrected chi connectivity index (χ1v) is 8.64. The molecule has 3 amide bonds. The molecule has 25 heavy (non-hydrogen) atoms. The highest BCUT2D eigenvalue weighted by atomic mass is 16.6. The summed E-state index contributed by atoms with van der Waals surface area (Å²) in [5.41, 5.74) is 0.217. The van der Waals surface area contributed by atoms with Crippen LogP contribution in [0.3, 0.4) is 0 Å². The summed E-state index contributed by atoms with van der Waals surface area (Å²) in [5.74, 6) is -0.228. The van der Waals surface area contributed by atoms with E-state index in [1.165, 1.54) is 24.6 Å². The van der Waals surface area contributed by atoms with Crippen LogP contribution >= 0.6 is 0 Å². The monoisotopic (exact) mass is 346 g/mol. The van der Waals surface area contributed by atoms with Gasteiger partial charge in [0.25, 0.3) is 11.6 Å². The maximum Gasteiger partial charge on any atom is 0.320 e. The Morgan fingerprint density at radius 1 is 0.880 bits per heavy atom. The lowest BCUT2D eigenvalue weighted by Gasteiger charge is -2.38. The van der Waals surface area contributed by atoms with Gasteiger partial charge in [-0.05, 0) is 25.3 Å². The molecule has 2 heterocycles. The molecule has 8 heteroatoms. The fourth-order valence-corrected chi connectivity index (χ4v) is 3.32. The van der Waals surface area contributed by atoms with Gasteiger partial charge in [-0.1, -0.05) is 6.07 Å². The Hall–Kier alpha value is -2.64. The molecule has 0 bridgehead atoms. The number of urea groups is 1. The van der Waals surface area contributed by atoms with Crippen LogP contribution in [0.4, 0.5) is 10.5 Å². The number of piperazine rings is 1. The highest BCUT2D eigenvalue weighted by molar-refractivity contribution is 5.95. The maximum absolute atomic E-state index is 12.5. The first kappa shape index (κ1) is 17.2. The number of nitro benzene ring substituents is 1. The third-order valence-electron chi connectivity index (χ3n) is 4.77. The summed E-state index contributed by atoms with van der Waals surface area (Å²) in [4.78, 5) is 40.7. The van der Waals surface area contributed by atoms with E-state index in [-0.39, 0.29) is 17.6 Å². The van der Waals surface area contributed by atoms with Crippen molar-refractivity contribution in [1.29, 1.82) is 0 Å². The number of carbonyl (C=O) groups excluding carboxylic acids is 2. The van der Waals surface area contributed by atoms with Crippen LogP contribution in [0.15, 0.2) is 24.3 Å². The molecule has 0 aromatic heterocycles. The molecule has 134 valence electrons. The minimum Gasteiger partial charge on any atom is -0.335 e. The van der Waals surface area contributed by atoms with Gasteiger partial charge >= 0.3 is 6.03 Å². The van der Waals surface area contributed by atoms with Crippen LogP contribution in [0.5, 0.6) is 0 Å². The van der Waals surface area contributed by atoms with Gasteiger partial charge in [0.05, 0.1) is 4.92 Å².